The third-order valence-electron chi connectivity index (χ3n) is 5.97. The van der Waals surface area contributed by atoms with Crippen LogP contribution in [0.5, 0.6) is 0 Å². The Kier molecular flexibility index (Phi) is 5.63. The maximum absolute atomic E-state index is 13.5. The minimum absolute atomic E-state index is 0.0493. The molecule has 2 unspecified atom stereocenters. The molecule has 2 atom stereocenters. The van der Waals surface area contributed by atoms with Crippen LogP contribution in [0.1, 0.15) is 37.3 Å². The van der Waals surface area contributed by atoms with Crippen LogP contribution in [-0.4, -0.2) is 40.3 Å². The molecule has 170 valence electrons. The molecule has 1 fully saturated rings. The fourth-order valence-electron chi connectivity index (χ4n) is 4.22. The number of hydrogen-bond acceptors (Lipinski definition) is 5. The number of carbonyl (C=O) groups excluding carboxylic acids is 1. The summed E-state index contributed by atoms with van der Waals surface area (Å²) in [6, 6.07) is 10.8. The minimum Gasteiger partial charge on any atom is -0.376 e. The van der Waals surface area contributed by atoms with Crippen molar-refractivity contribution in [1.82, 2.24) is 20.4 Å². The molecule has 2 aromatic carbocycles. The van der Waals surface area contributed by atoms with Crippen molar-refractivity contribution in [2.45, 2.75) is 31.9 Å². The van der Waals surface area contributed by atoms with Gasteiger partial charge in [0.1, 0.15) is 11.6 Å². The van der Waals surface area contributed by atoms with Gasteiger partial charge in [-0.3, -0.25) is 4.90 Å². The van der Waals surface area contributed by atoms with E-state index in [1.54, 1.807) is 29.2 Å². The van der Waals surface area contributed by atoms with E-state index in [-0.39, 0.29) is 29.7 Å². The molecule has 5 rings (SSSR count). The van der Waals surface area contributed by atoms with Gasteiger partial charge in [0, 0.05) is 17.9 Å². The monoisotopic (exact) mass is 452 g/mol. The largest absolute Gasteiger partial charge is 0.376 e. The molecule has 1 N–H and O–H groups in total. The third-order valence-corrected chi connectivity index (χ3v) is 5.97. The van der Waals surface area contributed by atoms with Crippen molar-refractivity contribution in [2.75, 3.05) is 13.2 Å². The lowest BCUT2D eigenvalue weighted by Crippen LogP contribution is -2.48. The number of amides is 2. The summed E-state index contributed by atoms with van der Waals surface area (Å²) < 4.78 is 38.2. The molecule has 2 aliphatic heterocycles. The molecule has 9 heteroatoms. The Balaban J connectivity index is 1.56. The predicted molar refractivity (Wildman–Crippen MR) is 116 cm³/mol. The number of hydrogen-bond donors (Lipinski definition) is 1. The van der Waals surface area contributed by atoms with Gasteiger partial charge in [-0.1, -0.05) is 17.3 Å². The Morgan fingerprint density at radius 3 is 2.45 bits per heavy atom. The van der Waals surface area contributed by atoms with Crippen molar-refractivity contribution in [3.8, 4) is 11.4 Å². The molecule has 2 aliphatic rings. The quantitative estimate of drug-likeness (QED) is 0.608. The molecule has 1 saturated heterocycles. The molecular formula is C24H22F2N4O3. The zero-order chi connectivity index (χ0) is 22.9. The standard InChI is InChI=1S/C24H22F2N4O3/c1-14-20(23-28-22(29-33-23)16-6-10-18(26)11-7-16)21(15-4-8-17(25)9-5-15)27-24(31)30(14)13-19-3-2-12-32-19/h4-11,19,21H,2-3,12-13H2,1H3,(H,27,31). The van der Waals surface area contributed by atoms with E-state index in [2.05, 4.69) is 15.5 Å². The first-order valence-corrected chi connectivity index (χ1v) is 10.8. The van der Waals surface area contributed by atoms with Crippen LogP contribution >= 0.6 is 0 Å². The van der Waals surface area contributed by atoms with E-state index in [0.717, 1.165) is 12.8 Å². The molecule has 2 amide bonds. The normalized spacial score (nSPS) is 20.9. The summed E-state index contributed by atoms with van der Waals surface area (Å²) in [5.74, 6) is -0.221. The maximum atomic E-state index is 13.5. The van der Waals surface area contributed by atoms with Crippen molar-refractivity contribution < 1.29 is 22.8 Å². The number of allylic oxidation sites excluding steroid dienone is 1. The van der Waals surface area contributed by atoms with Gasteiger partial charge in [0.25, 0.3) is 5.89 Å². The van der Waals surface area contributed by atoms with E-state index in [0.29, 0.717) is 41.4 Å². The van der Waals surface area contributed by atoms with Crippen molar-refractivity contribution in [3.05, 3.63) is 77.3 Å². The number of nitrogens with one attached hydrogen (secondary N) is 1. The van der Waals surface area contributed by atoms with Gasteiger partial charge in [0.05, 0.1) is 24.3 Å². The predicted octanol–water partition coefficient (Wildman–Crippen LogP) is 4.69. The van der Waals surface area contributed by atoms with E-state index in [9.17, 15) is 13.6 Å². The molecule has 0 saturated carbocycles. The van der Waals surface area contributed by atoms with E-state index in [1.807, 2.05) is 6.92 Å². The Morgan fingerprint density at radius 2 is 1.79 bits per heavy atom. The lowest BCUT2D eigenvalue weighted by Gasteiger charge is -2.36. The van der Waals surface area contributed by atoms with Crippen molar-refractivity contribution >= 4 is 11.6 Å². The van der Waals surface area contributed by atoms with E-state index in [1.165, 1.54) is 24.3 Å². The lowest BCUT2D eigenvalue weighted by molar-refractivity contribution is 0.0877. The van der Waals surface area contributed by atoms with Crippen molar-refractivity contribution in [1.29, 1.82) is 0 Å². The second-order valence-corrected chi connectivity index (χ2v) is 8.11. The van der Waals surface area contributed by atoms with E-state index in [4.69, 9.17) is 9.26 Å². The molecular weight excluding hydrogens is 430 g/mol. The highest BCUT2D eigenvalue weighted by molar-refractivity contribution is 5.86. The Morgan fingerprint density at radius 1 is 1.09 bits per heavy atom. The number of carbonyl (C=O) groups is 1. The summed E-state index contributed by atoms with van der Waals surface area (Å²) >= 11 is 0. The Bertz CT molecular complexity index is 1190. The van der Waals surface area contributed by atoms with Crippen LogP contribution in [-0.2, 0) is 4.74 Å². The Hall–Kier alpha value is -3.59. The van der Waals surface area contributed by atoms with Crippen LogP contribution in [0.3, 0.4) is 0 Å². The molecule has 0 aliphatic carbocycles. The highest BCUT2D eigenvalue weighted by Crippen LogP contribution is 2.37. The highest BCUT2D eigenvalue weighted by Gasteiger charge is 2.37. The van der Waals surface area contributed by atoms with Crippen LogP contribution in [0, 0.1) is 11.6 Å². The molecule has 7 nitrogen and oxygen atoms in total. The molecule has 1 aromatic heterocycles. The number of benzene rings is 2. The summed E-state index contributed by atoms with van der Waals surface area (Å²) in [6.45, 7) is 2.90. The van der Waals surface area contributed by atoms with Crippen molar-refractivity contribution in [2.24, 2.45) is 0 Å². The van der Waals surface area contributed by atoms with Gasteiger partial charge >= 0.3 is 6.03 Å². The SMILES string of the molecule is CC1=C(c2nc(-c3ccc(F)cc3)no2)C(c2ccc(F)cc2)NC(=O)N1CC1CCCO1. The first-order valence-electron chi connectivity index (χ1n) is 10.8. The topological polar surface area (TPSA) is 80.5 Å². The first-order chi connectivity index (χ1) is 16.0. The van der Waals surface area contributed by atoms with Gasteiger partial charge in [-0.15, -0.1) is 0 Å². The molecule has 0 bridgehead atoms. The fraction of sp³-hybridized carbons (Fsp3) is 0.292. The third kappa shape index (κ3) is 4.23. The molecule has 3 aromatic rings. The van der Waals surface area contributed by atoms with E-state index < -0.39 is 6.04 Å². The summed E-state index contributed by atoms with van der Waals surface area (Å²) in [7, 11) is 0. The van der Waals surface area contributed by atoms with Crippen LogP contribution in [0.2, 0.25) is 0 Å². The molecule has 3 heterocycles. The molecule has 33 heavy (non-hydrogen) atoms. The van der Waals surface area contributed by atoms with Gasteiger partial charge in [-0.2, -0.15) is 4.98 Å². The summed E-state index contributed by atoms with van der Waals surface area (Å²) in [4.78, 5) is 19.2. The second-order valence-electron chi connectivity index (χ2n) is 8.11. The zero-order valence-corrected chi connectivity index (χ0v) is 17.9. The first kappa shape index (κ1) is 21.3. The van der Waals surface area contributed by atoms with E-state index >= 15 is 0 Å². The zero-order valence-electron chi connectivity index (χ0n) is 17.9. The van der Waals surface area contributed by atoms with Gasteiger partial charge in [0.15, 0.2) is 0 Å². The molecule has 0 radical (unpaired) electrons. The molecule has 0 spiro atoms. The number of ether oxygens (including phenoxy) is 1. The van der Waals surface area contributed by atoms with Crippen LogP contribution in [0.15, 0.2) is 58.8 Å². The highest BCUT2D eigenvalue weighted by atomic mass is 19.1. The van der Waals surface area contributed by atoms with Gasteiger partial charge in [0.2, 0.25) is 5.82 Å². The van der Waals surface area contributed by atoms with Gasteiger partial charge in [-0.25, -0.2) is 13.6 Å². The second kappa shape index (κ2) is 8.74. The summed E-state index contributed by atoms with van der Waals surface area (Å²) in [5.41, 5.74) is 2.54. The maximum Gasteiger partial charge on any atom is 0.322 e. The number of nitrogens with zero attached hydrogens (tertiary/aromatic N) is 3. The Labute approximate surface area is 189 Å². The number of halogens is 2. The average molecular weight is 452 g/mol. The van der Waals surface area contributed by atoms with Crippen molar-refractivity contribution in [3.63, 3.8) is 0 Å². The van der Waals surface area contributed by atoms with Crippen LogP contribution in [0.25, 0.3) is 17.0 Å². The summed E-state index contributed by atoms with van der Waals surface area (Å²) in [5, 5.41) is 7.04. The summed E-state index contributed by atoms with van der Waals surface area (Å²) in [6.07, 6.45) is 1.79. The number of aromatic nitrogens is 2. The lowest BCUT2D eigenvalue weighted by atomic mass is 9.94. The number of rotatable bonds is 5. The van der Waals surface area contributed by atoms with Crippen LogP contribution in [0.4, 0.5) is 13.6 Å². The smallest absolute Gasteiger partial charge is 0.322 e. The van der Waals surface area contributed by atoms with Gasteiger partial charge in [-0.05, 0) is 61.7 Å². The number of urea groups is 1. The van der Waals surface area contributed by atoms with Crippen LogP contribution < -0.4 is 5.32 Å². The van der Waals surface area contributed by atoms with Gasteiger partial charge < -0.3 is 14.6 Å². The average Bonchev–Trinajstić information content (AvgIpc) is 3.50. The minimum atomic E-state index is -0.611. The fourth-order valence-corrected chi connectivity index (χ4v) is 4.22.